The molecule has 1 aliphatic carbocycles. The number of amides is 1. The Balaban J connectivity index is 1.59. The first-order chi connectivity index (χ1) is 9.84. The van der Waals surface area contributed by atoms with Gasteiger partial charge in [0, 0.05) is 24.8 Å². The zero-order chi connectivity index (χ0) is 13.5. The molecular formula is C17H22N2O. The van der Waals surface area contributed by atoms with Gasteiger partial charge in [-0.15, -0.1) is 0 Å². The number of nitrogens with zero attached hydrogens (tertiary/aromatic N) is 1. The van der Waals surface area contributed by atoms with E-state index in [1.54, 1.807) is 0 Å². The summed E-state index contributed by atoms with van der Waals surface area (Å²) in [7, 11) is 0. The van der Waals surface area contributed by atoms with Crippen molar-refractivity contribution in [3.63, 3.8) is 0 Å². The van der Waals surface area contributed by atoms with Gasteiger partial charge in [-0.25, -0.2) is 0 Å². The fourth-order valence-corrected chi connectivity index (χ4v) is 4.43. The number of fused-ring (bicyclic) bond motifs is 2. The van der Waals surface area contributed by atoms with E-state index in [1.165, 1.54) is 37.7 Å². The molecule has 1 saturated carbocycles. The Morgan fingerprint density at radius 1 is 1.15 bits per heavy atom. The minimum Gasteiger partial charge on any atom is -0.384 e. The lowest BCUT2D eigenvalue weighted by Gasteiger charge is -2.39. The molecule has 2 fully saturated rings. The summed E-state index contributed by atoms with van der Waals surface area (Å²) in [6.07, 6.45) is 6.37. The lowest BCUT2D eigenvalue weighted by Crippen LogP contribution is -2.48. The van der Waals surface area contributed by atoms with Crippen molar-refractivity contribution in [2.24, 2.45) is 5.92 Å². The number of anilines is 1. The molecule has 1 saturated heterocycles. The third-order valence-electron chi connectivity index (χ3n) is 5.41. The molecule has 0 bridgehead atoms. The molecule has 1 aromatic rings. The van der Waals surface area contributed by atoms with E-state index < -0.39 is 0 Å². The second-order valence-corrected chi connectivity index (χ2v) is 6.45. The van der Waals surface area contributed by atoms with Crippen LogP contribution in [0.5, 0.6) is 0 Å². The summed E-state index contributed by atoms with van der Waals surface area (Å²) >= 11 is 0. The van der Waals surface area contributed by atoms with Crippen molar-refractivity contribution in [3.8, 4) is 0 Å². The SMILES string of the molecule is O=C(C1CNc2ccccc21)N1CCCC2CCCC21. The molecule has 3 nitrogen and oxygen atoms in total. The monoisotopic (exact) mass is 270 g/mol. The van der Waals surface area contributed by atoms with Crippen LogP contribution in [0.25, 0.3) is 0 Å². The number of piperidine rings is 1. The molecule has 3 unspecified atom stereocenters. The minimum atomic E-state index is 0.0329. The third-order valence-corrected chi connectivity index (χ3v) is 5.41. The van der Waals surface area contributed by atoms with E-state index in [1.807, 2.05) is 12.1 Å². The van der Waals surface area contributed by atoms with Crippen LogP contribution >= 0.6 is 0 Å². The van der Waals surface area contributed by atoms with Gasteiger partial charge in [-0.1, -0.05) is 24.6 Å². The Morgan fingerprint density at radius 2 is 2.00 bits per heavy atom. The van der Waals surface area contributed by atoms with E-state index in [-0.39, 0.29) is 5.92 Å². The number of carbonyl (C=O) groups is 1. The first kappa shape index (κ1) is 12.2. The maximum Gasteiger partial charge on any atom is 0.232 e. The van der Waals surface area contributed by atoms with E-state index >= 15 is 0 Å². The average molecular weight is 270 g/mol. The number of rotatable bonds is 1. The number of para-hydroxylation sites is 1. The molecule has 1 amide bonds. The molecule has 20 heavy (non-hydrogen) atoms. The Bertz CT molecular complexity index is 527. The summed E-state index contributed by atoms with van der Waals surface area (Å²) in [4.78, 5) is 15.2. The van der Waals surface area contributed by atoms with Gasteiger partial charge in [0.25, 0.3) is 0 Å². The Kier molecular flexibility index (Phi) is 2.94. The van der Waals surface area contributed by atoms with Crippen LogP contribution in [-0.4, -0.2) is 29.9 Å². The third kappa shape index (κ3) is 1.83. The molecule has 1 N–H and O–H groups in total. The van der Waals surface area contributed by atoms with Crippen LogP contribution in [0.4, 0.5) is 5.69 Å². The van der Waals surface area contributed by atoms with Crippen molar-refractivity contribution >= 4 is 11.6 Å². The maximum absolute atomic E-state index is 13.0. The topological polar surface area (TPSA) is 32.3 Å². The predicted octanol–water partition coefficient (Wildman–Crippen LogP) is 2.99. The quantitative estimate of drug-likeness (QED) is 0.851. The zero-order valence-corrected chi connectivity index (χ0v) is 11.8. The number of carbonyl (C=O) groups excluding carboxylic acids is 1. The van der Waals surface area contributed by atoms with Crippen LogP contribution in [0.2, 0.25) is 0 Å². The highest BCUT2D eigenvalue weighted by Gasteiger charge is 2.40. The Hall–Kier alpha value is -1.51. The van der Waals surface area contributed by atoms with Gasteiger partial charge in [0.1, 0.15) is 0 Å². The highest BCUT2D eigenvalue weighted by molar-refractivity contribution is 5.88. The molecule has 106 valence electrons. The van der Waals surface area contributed by atoms with Crippen LogP contribution in [0.15, 0.2) is 24.3 Å². The number of benzene rings is 1. The molecule has 0 aromatic heterocycles. The molecule has 3 aliphatic rings. The molecule has 4 rings (SSSR count). The lowest BCUT2D eigenvalue weighted by atomic mass is 9.90. The highest BCUT2D eigenvalue weighted by atomic mass is 16.2. The van der Waals surface area contributed by atoms with Crippen molar-refractivity contribution in [2.75, 3.05) is 18.4 Å². The smallest absolute Gasteiger partial charge is 0.232 e. The maximum atomic E-state index is 13.0. The van der Waals surface area contributed by atoms with Gasteiger partial charge < -0.3 is 10.2 Å². The Labute approximate surface area is 120 Å². The molecule has 3 heteroatoms. The Morgan fingerprint density at radius 3 is 2.95 bits per heavy atom. The van der Waals surface area contributed by atoms with Gasteiger partial charge in [-0.05, 0) is 43.2 Å². The van der Waals surface area contributed by atoms with Crippen LogP contribution in [0.3, 0.4) is 0 Å². The average Bonchev–Trinajstić information content (AvgIpc) is 3.12. The molecule has 1 aromatic carbocycles. The van der Waals surface area contributed by atoms with Crippen LogP contribution in [-0.2, 0) is 4.79 Å². The van der Waals surface area contributed by atoms with Gasteiger partial charge in [0.2, 0.25) is 5.91 Å². The normalized spacial score (nSPS) is 31.6. The van der Waals surface area contributed by atoms with Crippen molar-refractivity contribution in [1.82, 2.24) is 4.90 Å². The second-order valence-electron chi connectivity index (χ2n) is 6.45. The van der Waals surface area contributed by atoms with Gasteiger partial charge in [0.15, 0.2) is 0 Å². The molecule has 2 heterocycles. The largest absolute Gasteiger partial charge is 0.384 e. The van der Waals surface area contributed by atoms with E-state index in [2.05, 4.69) is 22.3 Å². The number of nitrogens with one attached hydrogen (secondary N) is 1. The molecule has 2 aliphatic heterocycles. The summed E-state index contributed by atoms with van der Waals surface area (Å²) in [6.45, 7) is 1.74. The van der Waals surface area contributed by atoms with E-state index in [0.717, 1.165) is 24.7 Å². The summed E-state index contributed by atoms with van der Waals surface area (Å²) in [5.41, 5.74) is 2.34. The molecule has 3 atom stereocenters. The fourth-order valence-electron chi connectivity index (χ4n) is 4.43. The van der Waals surface area contributed by atoms with Crippen molar-refractivity contribution < 1.29 is 4.79 Å². The predicted molar refractivity (Wildman–Crippen MR) is 79.7 cm³/mol. The van der Waals surface area contributed by atoms with E-state index in [4.69, 9.17) is 0 Å². The van der Waals surface area contributed by atoms with Gasteiger partial charge in [-0.3, -0.25) is 4.79 Å². The summed E-state index contributed by atoms with van der Waals surface area (Å²) in [6, 6.07) is 8.79. The van der Waals surface area contributed by atoms with Gasteiger partial charge in [-0.2, -0.15) is 0 Å². The minimum absolute atomic E-state index is 0.0329. The highest BCUT2D eigenvalue weighted by Crippen LogP contribution is 2.40. The van der Waals surface area contributed by atoms with Gasteiger partial charge >= 0.3 is 0 Å². The lowest BCUT2D eigenvalue weighted by molar-refractivity contribution is -0.137. The number of hydrogen-bond donors (Lipinski definition) is 1. The first-order valence-electron chi connectivity index (χ1n) is 7.98. The zero-order valence-electron chi connectivity index (χ0n) is 11.8. The van der Waals surface area contributed by atoms with E-state index in [0.29, 0.717) is 11.9 Å². The van der Waals surface area contributed by atoms with Crippen molar-refractivity contribution in [2.45, 2.75) is 44.1 Å². The number of hydrogen-bond acceptors (Lipinski definition) is 2. The van der Waals surface area contributed by atoms with Crippen LogP contribution < -0.4 is 5.32 Å². The van der Waals surface area contributed by atoms with Crippen LogP contribution in [0, 0.1) is 5.92 Å². The van der Waals surface area contributed by atoms with E-state index in [9.17, 15) is 4.79 Å². The standard InChI is InChI=1S/C17H22N2O/c20-17(14-11-18-15-8-2-1-7-13(14)15)19-10-4-6-12-5-3-9-16(12)19/h1-2,7-8,12,14,16,18H,3-6,9-11H2. The first-order valence-corrected chi connectivity index (χ1v) is 7.98. The molecule has 0 radical (unpaired) electrons. The summed E-state index contributed by atoms with van der Waals surface area (Å²) in [5.74, 6) is 1.17. The fraction of sp³-hybridized carbons (Fsp3) is 0.588. The van der Waals surface area contributed by atoms with Crippen molar-refractivity contribution in [1.29, 1.82) is 0 Å². The summed E-state index contributed by atoms with van der Waals surface area (Å²) < 4.78 is 0. The molecule has 0 spiro atoms. The second kappa shape index (κ2) is 4.80. The van der Waals surface area contributed by atoms with Crippen molar-refractivity contribution in [3.05, 3.63) is 29.8 Å². The van der Waals surface area contributed by atoms with Gasteiger partial charge in [0.05, 0.1) is 5.92 Å². The summed E-state index contributed by atoms with van der Waals surface area (Å²) in [5, 5.41) is 3.38. The van der Waals surface area contributed by atoms with Crippen LogP contribution in [0.1, 0.15) is 43.6 Å². The number of likely N-dealkylation sites (tertiary alicyclic amines) is 1. The molecular weight excluding hydrogens is 248 g/mol.